The third-order valence-electron chi connectivity index (χ3n) is 5.86. The van der Waals surface area contributed by atoms with Gasteiger partial charge in [-0.1, -0.05) is 26.0 Å². The summed E-state index contributed by atoms with van der Waals surface area (Å²) in [5.41, 5.74) is 10.9. The van der Waals surface area contributed by atoms with Crippen molar-refractivity contribution in [2.45, 2.75) is 51.9 Å². The fourth-order valence-corrected chi connectivity index (χ4v) is 4.14. The Kier molecular flexibility index (Phi) is 5.79. The van der Waals surface area contributed by atoms with Gasteiger partial charge in [0.2, 0.25) is 0 Å². The minimum absolute atomic E-state index is 0.0639. The van der Waals surface area contributed by atoms with Crippen molar-refractivity contribution in [1.82, 2.24) is 20.7 Å². The highest BCUT2D eigenvalue weighted by Crippen LogP contribution is 2.30. The normalized spacial score (nSPS) is 18.8. The van der Waals surface area contributed by atoms with Gasteiger partial charge in [0.15, 0.2) is 0 Å². The van der Waals surface area contributed by atoms with Crippen LogP contribution < -0.4 is 20.9 Å². The van der Waals surface area contributed by atoms with E-state index in [1.807, 2.05) is 30.3 Å². The standard InChI is InChI=1S/C24H30N4O2/c1-5-28-21-11-10-19(30-4)12-18(21)13-22(28)20-14-23(27-26-20)25-24(29)17-8-6-16(7-9-17)15(2)3/h6-13,15,20,23,26-27H,5,14H2,1-4H3,(H,25,29). The molecule has 0 radical (unpaired) electrons. The Balaban J connectivity index is 1.47. The van der Waals surface area contributed by atoms with E-state index in [1.54, 1.807) is 7.11 Å². The number of fused-ring (bicyclic) bond motifs is 1. The summed E-state index contributed by atoms with van der Waals surface area (Å²) in [4.78, 5) is 12.7. The van der Waals surface area contributed by atoms with Gasteiger partial charge in [-0.3, -0.25) is 4.79 Å². The van der Waals surface area contributed by atoms with Crippen LogP contribution in [-0.2, 0) is 6.54 Å². The molecule has 1 amide bonds. The summed E-state index contributed by atoms with van der Waals surface area (Å²) in [7, 11) is 1.69. The average Bonchev–Trinajstić information content (AvgIpc) is 3.36. The molecule has 2 atom stereocenters. The number of carbonyl (C=O) groups is 1. The van der Waals surface area contributed by atoms with Crippen LogP contribution in [0.5, 0.6) is 5.75 Å². The molecule has 6 heteroatoms. The number of aryl methyl sites for hydroxylation is 1. The molecule has 0 spiro atoms. The number of hydrazine groups is 1. The molecule has 30 heavy (non-hydrogen) atoms. The van der Waals surface area contributed by atoms with Crippen molar-refractivity contribution in [3.05, 3.63) is 65.4 Å². The molecule has 1 saturated heterocycles. The van der Waals surface area contributed by atoms with Crippen molar-refractivity contribution >= 4 is 16.8 Å². The number of benzene rings is 2. The smallest absolute Gasteiger partial charge is 0.252 e. The van der Waals surface area contributed by atoms with Crippen LogP contribution in [-0.4, -0.2) is 23.7 Å². The van der Waals surface area contributed by atoms with Crippen LogP contribution in [0.3, 0.4) is 0 Å². The molecule has 6 nitrogen and oxygen atoms in total. The van der Waals surface area contributed by atoms with Crippen molar-refractivity contribution in [2.75, 3.05) is 7.11 Å². The highest BCUT2D eigenvalue weighted by Gasteiger charge is 2.29. The third-order valence-corrected chi connectivity index (χ3v) is 5.86. The van der Waals surface area contributed by atoms with Crippen LogP contribution in [0, 0.1) is 0 Å². The first-order valence-corrected chi connectivity index (χ1v) is 10.6. The van der Waals surface area contributed by atoms with Gasteiger partial charge in [-0.05, 0) is 54.8 Å². The van der Waals surface area contributed by atoms with Crippen LogP contribution in [0.15, 0.2) is 48.5 Å². The van der Waals surface area contributed by atoms with Gasteiger partial charge in [-0.25, -0.2) is 10.9 Å². The van der Waals surface area contributed by atoms with Crippen LogP contribution in [0.2, 0.25) is 0 Å². The number of rotatable bonds is 6. The largest absolute Gasteiger partial charge is 0.497 e. The molecule has 1 fully saturated rings. The molecule has 1 aromatic heterocycles. The number of carbonyl (C=O) groups excluding carboxylic acids is 1. The van der Waals surface area contributed by atoms with Crippen molar-refractivity contribution in [3.8, 4) is 5.75 Å². The predicted octanol–water partition coefficient (Wildman–Crippen LogP) is 4.09. The van der Waals surface area contributed by atoms with E-state index >= 15 is 0 Å². The fourth-order valence-electron chi connectivity index (χ4n) is 4.14. The second kappa shape index (κ2) is 8.50. The lowest BCUT2D eigenvalue weighted by Gasteiger charge is -2.14. The Morgan fingerprint density at radius 3 is 2.60 bits per heavy atom. The molecule has 1 aliphatic rings. The molecule has 1 aliphatic heterocycles. The van der Waals surface area contributed by atoms with Gasteiger partial charge in [0.25, 0.3) is 5.91 Å². The number of methoxy groups -OCH3 is 1. The fraction of sp³-hybridized carbons (Fsp3) is 0.375. The lowest BCUT2D eigenvalue weighted by Crippen LogP contribution is -2.44. The second-order valence-corrected chi connectivity index (χ2v) is 8.12. The summed E-state index contributed by atoms with van der Waals surface area (Å²) in [6.07, 6.45) is 0.633. The maximum atomic E-state index is 12.7. The summed E-state index contributed by atoms with van der Waals surface area (Å²) in [5.74, 6) is 1.24. The number of nitrogens with zero attached hydrogens (tertiary/aromatic N) is 1. The summed E-state index contributed by atoms with van der Waals surface area (Å²) in [6, 6.07) is 16.3. The summed E-state index contributed by atoms with van der Waals surface area (Å²) < 4.78 is 7.68. The van der Waals surface area contributed by atoms with Crippen molar-refractivity contribution < 1.29 is 9.53 Å². The molecule has 0 bridgehead atoms. The van der Waals surface area contributed by atoms with Gasteiger partial charge < -0.3 is 14.6 Å². The molecular weight excluding hydrogens is 376 g/mol. The SMILES string of the molecule is CCn1c(C2CC(NC(=O)c3ccc(C(C)C)cc3)NN2)cc2cc(OC)ccc21. The Bertz CT molecular complexity index is 1040. The Hall–Kier alpha value is -2.83. The minimum atomic E-state index is -0.134. The molecule has 2 heterocycles. The van der Waals surface area contributed by atoms with E-state index in [2.05, 4.69) is 59.7 Å². The van der Waals surface area contributed by atoms with Crippen molar-refractivity contribution in [1.29, 1.82) is 0 Å². The predicted molar refractivity (Wildman–Crippen MR) is 120 cm³/mol. The van der Waals surface area contributed by atoms with Gasteiger partial charge >= 0.3 is 0 Å². The molecule has 158 valence electrons. The van der Waals surface area contributed by atoms with Gasteiger partial charge in [0.05, 0.1) is 19.3 Å². The van der Waals surface area contributed by atoms with Crippen molar-refractivity contribution in [3.63, 3.8) is 0 Å². The highest BCUT2D eigenvalue weighted by atomic mass is 16.5. The Morgan fingerprint density at radius 2 is 1.93 bits per heavy atom. The highest BCUT2D eigenvalue weighted by molar-refractivity contribution is 5.94. The number of hydrogen-bond donors (Lipinski definition) is 3. The maximum absolute atomic E-state index is 12.7. The topological polar surface area (TPSA) is 67.3 Å². The monoisotopic (exact) mass is 406 g/mol. The van der Waals surface area contributed by atoms with E-state index in [-0.39, 0.29) is 18.1 Å². The average molecular weight is 407 g/mol. The summed E-state index contributed by atoms with van der Waals surface area (Å²) in [5, 5.41) is 4.25. The number of aromatic nitrogens is 1. The first-order chi connectivity index (χ1) is 14.5. The van der Waals surface area contributed by atoms with Gasteiger partial charge in [-0.2, -0.15) is 0 Å². The van der Waals surface area contributed by atoms with Crippen LogP contribution in [0.1, 0.15) is 60.8 Å². The number of ether oxygens (including phenoxy) is 1. The van der Waals surface area contributed by atoms with E-state index in [0.29, 0.717) is 11.5 Å². The van der Waals surface area contributed by atoms with E-state index in [1.165, 1.54) is 16.8 Å². The summed E-state index contributed by atoms with van der Waals surface area (Å²) >= 11 is 0. The number of hydrogen-bond acceptors (Lipinski definition) is 4. The third kappa shape index (κ3) is 3.93. The lowest BCUT2D eigenvalue weighted by atomic mass is 10.0. The second-order valence-electron chi connectivity index (χ2n) is 8.12. The molecular formula is C24H30N4O2. The molecule has 3 N–H and O–H groups in total. The minimum Gasteiger partial charge on any atom is -0.497 e. The zero-order valence-corrected chi connectivity index (χ0v) is 18.0. The van der Waals surface area contributed by atoms with Crippen LogP contribution >= 0.6 is 0 Å². The first kappa shape index (κ1) is 20.4. The Labute approximate surface area is 177 Å². The van der Waals surface area contributed by atoms with Crippen LogP contribution in [0.25, 0.3) is 10.9 Å². The molecule has 0 saturated carbocycles. The zero-order chi connectivity index (χ0) is 21.3. The van der Waals surface area contributed by atoms with Crippen molar-refractivity contribution in [2.24, 2.45) is 0 Å². The molecule has 2 aromatic carbocycles. The Morgan fingerprint density at radius 1 is 1.17 bits per heavy atom. The van der Waals surface area contributed by atoms with E-state index in [9.17, 15) is 4.79 Å². The van der Waals surface area contributed by atoms with Crippen LogP contribution in [0.4, 0.5) is 0 Å². The lowest BCUT2D eigenvalue weighted by molar-refractivity contribution is 0.0932. The molecule has 2 unspecified atom stereocenters. The number of nitrogens with one attached hydrogen (secondary N) is 3. The summed E-state index contributed by atoms with van der Waals surface area (Å²) in [6.45, 7) is 7.32. The van der Waals surface area contributed by atoms with Gasteiger partial charge in [0.1, 0.15) is 5.75 Å². The number of amides is 1. The maximum Gasteiger partial charge on any atom is 0.252 e. The molecule has 3 aromatic rings. The molecule has 0 aliphatic carbocycles. The van der Waals surface area contributed by atoms with Gasteiger partial charge in [-0.15, -0.1) is 0 Å². The van der Waals surface area contributed by atoms with Gasteiger partial charge in [0, 0.05) is 35.1 Å². The van der Waals surface area contributed by atoms with E-state index in [0.717, 1.165) is 24.1 Å². The zero-order valence-electron chi connectivity index (χ0n) is 18.0. The quantitative estimate of drug-likeness (QED) is 0.577. The van der Waals surface area contributed by atoms with E-state index in [4.69, 9.17) is 4.74 Å². The first-order valence-electron chi connectivity index (χ1n) is 10.6. The van der Waals surface area contributed by atoms with E-state index < -0.39 is 0 Å². The molecule has 4 rings (SSSR count).